The average Bonchev–Trinajstić information content (AvgIpc) is 2.06. The van der Waals surface area contributed by atoms with Gasteiger partial charge in [0.2, 0.25) is 5.91 Å². The maximum Gasteiger partial charge on any atom is 0.232 e. The van der Waals surface area contributed by atoms with E-state index in [2.05, 4.69) is 15.3 Å². The summed E-state index contributed by atoms with van der Waals surface area (Å²) in [6.45, 7) is 0. The molecular formula is C7H7N3O2. The summed E-state index contributed by atoms with van der Waals surface area (Å²) in [5.74, 6) is -0.0325. The number of aldehydes is 1. The Kier molecular flexibility index (Phi) is 2.89. The van der Waals surface area contributed by atoms with Gasteiger partial charge in [0, 0.05) is 12.4 Å². The zero-order chi connectivity index (χ0) is 8.81. The molecule has 0 aromatic carbocycles. The number of hydrogen-bond acceptors (Lipinski definition) is 4. The number of amides is 1. The van der Waals surface area contributed by atoms with Crippen LogP contribution in [-0.4, -0.2) is 22.2 Å². The molecule has 0 aliphatic carbocycles. The minimum Gasteiger partial charge on any atom is -0.309 e. The van der Waals surface area contributed by atoms with Gasteiger partial charge in [0.05, 0.1) is 12.6 Å². The molecule has 12 heavy (non-hydrogen) atoms. The lowest BCUT2D eigenvalue weighted by Gasteiger charge is -1.98. The fourth-order valence-corrected chi connectivity index (χ4v) is 0.633. The van der Waals surface area contributed by atoms with Crippen molar-refractivity contribution in [2.75, 3.05) is 5.32 Å². The Labute approximate surface area is 68.8 Å². The first-order chi connectivity index (χ1) is 5.83. The second kappa shape index (κ2) is 4.17. The average molecular weight is 165 g/mol. The highest BCUT2D eigenvalue weighted by molar-refractivity contribution is 5.97. The summed E-state index contributed by atoms with van der Waals surface area (Å²) in [6.07, 6.45) is 4.73. The van der Waals surface area contributed by atoms with Gasteiger partial charge < -0.3 is 10.1 Å². The number of carbonyl (C=O) groups excluding carboxylic acids is 2. The molecule has 0 radical (unpaired) electrons. The number of hydrogen-bond donors (Lipinski definition) is 1. The molecule has 0 atom stereocenters. The van der Waals surface area contributed by atoms with Gasteiger partial charge in [-0.25, -0.2) is 4.98 Å². The van der Waals surface area contributed by atoms with E-state index in [4.69, 9.17) is 0 Å². The van der Waals surface area contributed by atoms with Gasteiger partial charge in [0.1, 0.15) is 6.29 Å². The van der Waals surface area contributed by atoms with E-state index in [0.29, 0.717) is 12.1 Å². The molecule has 1 amide bonds. The summed E-state index contributed by atoms with van der Waals surface area (Å²) >= 11 is 0. The van der Waals surface area contributed by atoms with Gasteiger partial charge in [0.25, 0.3) is 0 Å². The maximum atomic E-state index is 10.8. The van der Waals surface area contributed by atoms with Gasteiger partial charge >= 0.3 is 0 Å². The highest BCUT2D eigenvalue weighted by atomic mass is 16.2. The van der Waals surface area contributed by atoms with Crippen LogP contribution in [0.25, 0.3) is 0 Å². The minimum atomic E-state index is -0.384. The lowest BCUT2D eigenvalue weighted by atomic mass is 10.4. The molecular weight excluding hydrogens is 158 g/mol. The number of nitrogens with one attached hydrogen (secondary N) is 1. The number of carbonyl (C=O) groups is 2. The van der Waals surface area contributed by atoms with E-state index in [9.17, 15) is 9.59 Å². The van der Waals surface area contributed by atoms with Crippen molar-refractivity contribution in [2.24, 2.45) is 0 Å². The van der Waals surface area contributed by atoms with E-state index < -0.39 is 0 Å². The Hall–Kier alpha value is -1.78. The molecule has 1 rings (SSSR count). The Morgan fingerprint density at radius 2 is 2.42 bits per heavy atom. The number of aromatic nitrogens is 2. The van der Waals surface area contributed by atoms with Crippen molar-refractivity contribution < 1.29 is 9.59 Å². The third kappa shape index (κ3) is 2.45. The molecule has 1 aromatic heterocycles. The summed E-state index contributed by atoms with van der Waals surface area (Å²) in [5.41, 5.74) is 0. The third-order valence-corrected chi connectivity index (χ3v) is 1.10. The molecule has 0 saturated heterocycles. The van der Waals surface area contributed by atoms with Crippen LogP contribution in [0.3, 0.4) is 0 Å². The molecule has 0 aliphatic rings. The Bertz CT molecular complexity index is 273. The Balaban J connectivity index is 2.52. The van der Waals surface area contributed by atoms with Crippen molar-refractivity contribution in [3.63, 3.8) is 0 Å². The van der Waals surface area contributed by atoms with Crippen LogP contribution in [0, 0.1) is 0 Å². The van der Waals surface area contributed by atoms with Crippen LogP contribution in [0.4, 0.5) is 5.82 Å². The van der Waals surface area contributed by atoms with Gasteiger partial charge in [-0.15, -0.1) is 0 Å². The summed E-state index contributed by atoms with van der Waals surface area (Å²) in [7, 11) is 0. The van der Waals surface area contributed by atoms with E-state index in [1.165, 1.54) is 18.6 Å². The predicted molar refractivity (Wildman–Crippen MR) is 41.3 cm³/mol. The second-order valence-electron chi connectivity index (χ2n) is 2.01. The fourth-order valence-electron chi connectivity index (χ4n) is 0.633. The summed E-state index contributed by atoms with van der Waals surface area (Å²) in [5, 5.41) is 2.40. The topological polar surface area (TPSA) is 72.0 Å². The molecule has 5 heteroatoms. The van der Waals surface area contributed by atoms with Crippen molar-refractivity contribution in [2.45, 2.75) is 6.42 Å². The first-order valence-electron chi connectivity index (χ1n) is 3.32. The van der Waals surface area contributed by atoms with Gasteiger partial charge in [-0.3, -0.25) is 9.78 Å². The van der Waals surface area contributed by atoms with E-state index in [1.807, 2.05) is 0 Å². The van der Waals surface area contributed by atoms with E-state index in [-0.39, 0.29) is 12.3 Å². The van der Waals surface area contributed by atoms with Crippen LogP contribution >= 0.6 is 0 Å². The quantitative estimate of drug-likeness (QED) is 0.505. The first-order valence-corrected chi connectivity index (χ1v) is 3.32. The molecule has 1 N–H and O–H groups in total. The largest absolute Gasteiger partial charge is 0.309 e. The molecule has 0 aliphatic heterocycles. The van der Waals surface area contributed by atoms with E-state index >= 15 is 0 Å². The predicted octanol–water partition coefficient (Wildman–Crippen LogP) is 0.00410. The lowest BCUT2D eigenvalue weighted by molar-refractivity contribution is -0.120. The van der Waals surface area contributed by atoms with Crippen LogP contribution in [-0.2, 0) is 9.59 Å². The maximum absolute atomic E-state index is 10.8. The smallest absolute Gasteiger partial charge is 0.232 e. The fraction of sp³-hybridized carbons (Fsp3) is 0.143. The molecule has 0 saturated carbocycles. The van der Waals surface area contributed by atoms with Crippen LogP contribution < -0.4 is 5.32 Å². The second-order valence-corrected chi connectivity index (χ2v) is 2.01. The molecule has 0 spiro atoms. The van der Waals surface area contributed by atoms with Crippen LogP contribution in [0.1, 0.15) is 6.42 Å². The molecule has 62 valence electrons. The monoisotopic (exact) mass is 165 g/mol. The van der Waals surface area contributed by atoms with Crippen molar-refractivity contribution in [3.8, 4) is 0 Å². The van der Waals surface area contributed by atoms with Gasteiger partial charge in [-0.05, 0) is 0 Å². The number of anilines is 1. The van der Waals surface area contributed by atoms with Gasteiger partial charge in [-0.2, -0.15) is 0 Å². The van der Waals surface area contributed by atoms with Crippen LogP contribution in [0.15, 0.2) is 18.6 Å². The molecule has 0 bridgehead atoms. The van der Waals surface area contributed by atoms with Gasteiger partial charge in [0.15, 0.2) is 5.82 Å². The number of nitrogens with zero attached hydrogens (tertiary/aromatic N) is 2. The van der Waals surface area contributed by atoms with Crippen LogP contribution in [0.2, 0.25) is 0 Å². The van der Waals surface area contributed by atoms with Crippen molar-refractivity contribution in [1.82, 2.24) is 9.97 Å². The lowest BCUT2D eigenvalue weighted by Crippen LogP contribution is -2.12. The molecule has 0 fully saturated rings. The van der Waals surface area contributed by atoms with Crippen molar-refractivity contribution in [1.29, 1.82) is 0 Å². The zero-order valence-electron chi connectivity index (χ0n) is 6.23. The molecule has 1 aromatic rings. The minimum absolute atomic E-state index is 0.156. The zero-order valence-corrected chi connectivity index (χ0v) is 6.23. The Morgan fingerprint density at radius 1 is 1.58 bits per heavy atom. The van der Waals surface area contributed by atoms with E-state index in [1.54, 1.807) is 0 Å². The summed E-state index contributed by atoms with van der Waals surface area (Å²) < 4.78 is 0. The van der Waals surface area contributed by atoms with Crippen molar-refractivity contribution in [3.05, 3.63) is 18.6 Å². The number of rotatable bonds is 3. The van der Waals surface area contributed by atoms with E-state index in [0.717, 1.165) is 0 Å². The first kappa shape index (κ1) is 8.32. The summed E-state index contributed by atoms with van der Waals surface area (Å²) in [6, 6.07) is 0. The van der Waals surface area contributed by atoms with Crippen molar-refractivity contribution >= 4 is 18.0 Å². The molecule has 1 heterocycles. The van der Waals surface area contributed by atoms with Gasteiger partial charge in [-0.1, -0.05) is 0 Å². The van der Waals surface area contributed by atoms with Crippen LogP contribution in [0.5, 0.6) is 0 Å². The standard InChI is InChI=1S/C7H7N3O2/c11-4-1-7(12)10-6-5-8-2-3-9-6/h2-5H,1H2,(H,9,10,12). The SMILES string of the molecule is O=CCC(=O)Nc1cnccn1. The molecule has 0 unspecified atom stereocenters. The third-order valence-electron chi connectivity index (χ3n) is 1.10. The Morgan fingerprint density at radius 3 is 3.00 bits per heavy atom. The highest BCUT2D eigenvalue weighted by Crippen LogP contribution is 1.96. The summed E-state index contributed by atoms with van der Waals surface area (Å²) in [4.78, 5) is 28.2. The highest BCUT2D eigenvalue weighted by Gasteiger charge is 2.00. The normalized spacial score (nSPS) is 9.00. The molecule has 5 nitrogen and oxygen atoms in total.